The molecule has 4 rings (SSSR count). The monoisotopic (exact) mass is 508 g/mol. The Labute approximate surface area is 201 Å². The predicted molar refractivity (Wildman–Crippen MR) is 115 cm³/mol. The van der Waals surface area contributed by atoms with Crippen LogP contribution in [0.3, 0.4) is 0 Å². The molecule has 192 valence electrons. The van der Waals surface area contributed by atoms with Gasteiger partial charge in [-0.15, -0.1) is 0 Å². The highest BCUT2D eigenvalue weighted by Crippen LogP contribution is 2.06. The third-order valence-electron chi connectivity index (χ3n) is 3.87. The molecule has 2 saturated heterocycles. The lowest BCUT2D eigenvalue weighted by Crippen LogP contribution is -2.48. The van der Waals surface area contributed by atoms with Crippen molar-refractivity contribution in [3.63, 3.8) is 0 Å². The van der Waals surface area contributed by atoms with Crippen molar-refractivity contribution in [2.45, 2.75) is 0 Å². The van der Waals surface area contributed by atoms with Gasteiger partial charge in [0.1, 0.15) is 0 Å². The normalized spacial score (nSPS) is 18.9. The van der Waals surface area contributed by atoms with Crippen LogP contribution in [0.4, 0.5) is 0 Å². The number of hydrogen-bond donors (Lipinski definition) is 8. The van der Waals surface area contributed by atoms with E-state index in [0.29, 0.717) is 24.3 Å². The lowest BCUT2D eigenvalue weighted by atomic mass is 10.1. The van der Waals surface area contributed by atoms with Crippen LogP contribution in [-0.4, -0.2) is 93.4 Å². The summed E-state index contributed by atoms with van der Waals surface area (Å²) in [5, 5.41) is 43.9. The van der Waals surface area contributed by atoms with Crippen LogP contribution in [0.25, 0.3) is 0 Å². The molecule has 16 heteroatoms. The standard InChI is InChI=1S/2C6H4O4.2C4H6N2O2/c2*7-3-1-4(8)6(10)2-5(3)9;2*7-3-1-5-4(8)2-6-3/h2*1-2,7,10H;2*1-2H2,(H,5,8)(H,6,7). The number of ketones is 4. The van der Waals surface area contributed by atoms with Crippen molar-refractivity contribution in [3.05, 3.63) is 47.3 Å². The average molecular weight is 508 g/mol. The number of amides is 4. The van der Waals surface area contributed by atoms with Gasteiger partial charge in [0.15, 0.2) is 23.0 Å². The van der Waals surface area contributed by atoms with Gasteiger partial charge >= 0.3 is 0 Å². The summed E-state index contributed by atoms with van der Waals surface area (Å²) in [4.78, 5) is 82.9. The topological polar surface area (TPSA) is 266 Å². The van der Waals surface area contributed by atoms with E-state index >= 15 is 0 Å². The fraction of sp³-hybridized carbons (Fsp3) is 0.200. The first kappa shape index (κ1) is 28.8. The van der Waals surface area contributed by atoms with E-state index in [1.807, 2.05) is 0 Å². The molecule has 0 radical (unpaired) electrons. The van der Waals surface area contributed by atoms with Crippen LogP contribution < -0.4 is 21.3 Å². The van der Waals surface area contributed by atoms with Crippen molar-refractivity contribution < 1.29 is 58.8 Å². The molecule has 4 aliphatic rings. The van der Waals surface area contributed by atoms with E-state index in [4.69, 9.17) is 20.4 Å². The molecular formula is C20H20N4O12. The highest BCUT2D eigenvalue weighted by Gasteiger charge is 2.19. The molecule has 0 aromatic heterocycles. The zero-order chi connectivity index (χ0) is 27.4. The number of aliphatic hydroxyl groups is 4. The second-order valence-electron chi connectivity index (χ2n) is 6.68. The maximum atomic E-state index is 10.4. The fourth-order valence-electron chi connectivity index (χ4n) is 2.04. The van der Waals surface area contributed by atoms with E-state index in [1.165, 1.54) is 0 Å². The molecule has 2 heterocycles. The van der Waals surface area contributed by atoms with E-state index in [9.17, 15) is 38.4 Å². The summed E-state index contributed by atoms with van der Waals surface area (Å²) in [7, 11) is 0. The zero-order valence-electron chi connectivity index (χ0n) is 18.2. The van der Waals surface area contributed by atoms with E-state index < -0.39 is 46.2 Å². The first-order chi connectivity index (χ1) is 16.8. The Morgan fingerprint density at radius 2 is 0.556 bits per heavy atom. The molecule has 0 unspecified atom stereocenters. The molecule has 0 spiro atoms. The Balaban J connectivity index is 0.000000241. The van der Waals surface area contributed by atoms with Crippen LogP contribution in [0.2, 0.25) is 0 Å². The minimum atomic E-state index is -0.753. The lowest BCUT2D eigenvalue weighted by Gasteiger charge is -2.10. The van der Waals surface area contributed by atoms with Gasteiger partial charge in [-0.1, -0.05) is 0 Å². The quantitative estimate of drug-likeness (QED) is 0.148. The summed E-state index contributed by atoms with van der Waals surface area (Å²) < 4.78 is 0. The van der Waals surface area contributed by atoms with Gasteiger partial charge in [-0.05, 0) is 0 Å². The van der Waals surface area contributed by atoms with Crippen LogP contribution in [0, 0.1) is 0 Å². The Kier molecular flexibility index (Phi) is 10.7. The Morgan fingerprint density at radius 3 is 0.694 bits per heavy atom. The molecule has 0 aromatic carbocycles. The maximum absolute atomic E-state index is 10.4. The van der Waals surface area contributed by atoms with Gasteiger partial charge in [-0.25, -0.2) is 0 Å². The predicted octanol–water partition coefficient (Wildman–Crippen LogP) is -3.49. The van der Waals surface area contributed by atoms with Crippen molar-refractivity contribution in [1.82, 2.24) is 21.3 Å². The van der Waals surface area contributed by atoms with Crippen molar-refractivity contribution in [3.8, 4) is 0 Å². The number of carbonyl (C=O) groups excluding carboxylic acids is 8. The minimum absolute atomic E-state index is 0.121. The van der Waals surface area contributed by atoms with Crippen LogP contribution in [0.5, 0.6) is 0 Å². The maximum Gasteiger partial charge on any atom is 0.239 e. The van der Waals surface area contributed by atoms with Crippen LogP contribution >= 0.6 is 0 Å². The molecular weight excluding hydrogens is 488 g/mol. The summed E-state index contributed by atoms with van der Waals surface area (Å²) in [5.74, 6) is -6.04. The lowest BCUT2D eigenvalue weighted by molar-refractivity contribution is -0.130. The molecule has 2 aliphatic heterocycles. The smallest absolute Gasteiger partial charge is 0.239 e. The SMILES string of the molecule is O=C1C=C(O)C(=O)C=C1O.O=C1C=C(O)C(=O)C=C1O.O=C1CNC(=O)CN1.O=C1CNC(=O)CN1. The molecule has 2 fully saturated rings. The second kappa shape index (κ2) is 13.4. The van der Waals surface area contributed by atoms with E-state index in [-0.39, 0.29) is 49.8 Å². The summed E-state index contributed by atoms with van der Waals surface area (Å²) in [5.41, 5.74) is 0. The number of nitrogens with one attached hydrogen (secondary N) is 4. The number of rotatable bonds is 0. The average Bonchev–Trinajstić information content (AvgIpc) is 2.82. The van der Waals surface area contributed by atoms with E-state index in [0.717, 1.165) is 0 Å². The molecule has 36 heavy (non-hydrogen) atoms. The van der Waals surface area contributed by atoms with Gasteiger partial charge in [0.25, 0.3) is 0 Å². The van der Waals surface area contributed by atoms with Crippen LogP contribution in [-0.2, 0) is 38.4 Å². The van der Waals surface area contributed by atoms with Crippen molar-refractivity contribution in [2.24, 2.45) is 0 Å². The van der Waals surface area contributed by atoms with Gasteiger partial charge in [-0.3, -0.25) is 38.4 Å². The highest BCUT2D eigenvalue weighted by molar-refractivity contribution is 6.18. The molecule has 0 aromatic rings. The van der Waals surface area contributed by atoms with E-state index in [1.54, 1.807) is 0 Å². The van der Waals surface area contributed by atoms with Gasteiger partial charge in [0, 0.05) is 24.3 Å². The van der Waals surface area contributed by atoms with Gasteiger partial charge in [-0.2, -0.15) is 0 Å². The summed E-state index contributed by atoms with van der Waals surface area (Å²) in [6, 6.07) is 0. The molecule has 0 bridgehead atoms. The largest absolute Gasteiger partial charge is 0.504 e. The molecule has 4 amide bonds. The number of hydrogen-bond acceptors (Lipinski definition) is 12. The Hall–Kier alpha value is -5.28. The van der Waals surface area contributed by atoms with Crippen molar-refractivity contribution in [2.75, 3.05) is 26.2 Å². The first-order valence-electron chi connectivity index (χ1n) is 9.67. The number of carbonyl (C=O) groups is 8. The fourth-order valence-corrected chi connectivity index (χ4v) is 2.04. The number of piperazine rings is 2. The van der Waals surface area contributed by atoms with Gasteiger partial charge < -0.3 is 41.7 Å². The first-order valence-corrected chi connectivity index (χ1v) is 9.67. The summed E-state index contributed by atoms with van der Waals surface area (Å²) in [6.45, 7) is 0.495. The molecule has 2 aliphatic carbocycles. The second-order valence-corrected chi connectivity index (χ2v) is 6.68. The Bertz CT molecular complexity index is 930. The van der Waals surface area contributed by atoms with E-state index in [2.05, 4.69) is 21.3 Å². The molecule has 8 N–H and O–H groups in total. The third-order valence-corrected chi connectivity index (χ3v) is 3.87. The molecule has 16 nitrogen and oxygen atoms in total. The Morgan fingerprint density at radius 1 is 0.389 bits per heavy atom. The van der Waals surface area contributed by atoms with Crippen LogP contribution in [0.15, 0.2) is 47.3 Å². The van der Waals surface area contributed by atoms with Gasteiger partial charge in [0.2, 0.25) is 46.8 Å². The molecule has 0 atom stereocenters. The molecule has 0 saturated carbocycles. The van der Waals surface area contributed by atoms with Crippen molar-refractivity contribution in [1.29, 1.82) is 0 Å². The summed E-state index contributed by atoms with van der Waals surface area (Å²) in [6.07, 6.45) is 2.71. The number of aliphatic hydroxyl groups excluding tert-OH is 4. The third kappa shape index (κ3) is 10.1. The minimum Gasteiger partial charge on any atom is -0.504 e. The van der Waals surface area contributed by atoms with Gasteiger partial charge in [0.05, 0.1) is 26.2 Å². The highest BCUT2D eigenvalue weighted by atomic mass is 16.3. The van der Waals surface area contributed by atoms with Crippen molar-refractivity contribution >= 4 is 46.8 Å². The summed E-state index contributed by atoms with van der Waals surface area (Å²) >= 11 is 0. The zero-order valence-corrected chi connectivity index (χ0v) is 18.2. The number of allylic oxidation sites excluding steroid dienone is 4. The van der Waals surface area contributed by atoms with Crippen LogP contribution in [0.1, 0.15) is 0 Å².